The molecule has 0 heterocycles. The smallest absolute Gasteiger partial charge is 0.0309 e. The molecule has 2 nitrogen and oxygen atoms in total. The number of hydrogen-bond donors (Lipinski definition) is 2. The Morgan fingerprint density at radius 1 is 1.11 bits per heavy atom. The molecule has 2 unspecified atom stereocenters. The molecule has 106 valence electrons. The quantitative estimate of drug-likeness (QED) is 0.804. The van der Waals surface area contributed by atoms with Gasteiger partial charge in [0.05, 0.1) is 0 Å². The standard InChI is InChI=1S/C16H32N2/c1-13(2)14-7-6-10-16(11-14,12-17)18-15-8-4-3-5-9-15/h13-15,18H,3-12,17H2,1-2H3. The zero-order valence-corrected chi connectivity index (χ0v) is 12.4. The van der Waals surface area contributed by atoms with Crippen LogP contribution in [0.4, 0.5) is 0 Å². The summed E-state index contributed by atoms with van der Waals surface area (Å²) in [5.74, 6) is 1.68. The fourth-order valence-corrected chi connectivity index (χ4v) is 4.03. The summed E-state index contributed by atoms with van der Waals surface area (Å²) < 4.78 is 0. The Bertz CT molecular complexity index is 245. The molecular weight excluding hydrogens is 220 g/mol. The number of nitrogens with two attached hydrogens (primary N) is 1. The molecule has 0 aliphatic heterocycles. The predicted molar refractivity (Wildman–Crippen MR) is 78.6 cm³/mol. The molecule has 2 heteroatoms. The lowest BCUT2D eigenvalue weighted by atomic mass is 9.71. The summed E-state index contributed by atoms with van der Waals surface area (Å²) >= 11 is 0. The van der Waals surface area contributed by atoms with Crippen LogP contribution in [-0.4, -0.2) is 18.1 Å². The first kappa shape index (κ1) is 14.3. The maximum absolute atomic E-state index is 6.16. The van der Waals surface area contributed by atoms with E-state index in [-0.39, 0.29) is 5.54 Å². The van der Waals surface area contributed by atoms with Gasteiger partial charge in [-0.3, -0.25) is 0 Å². The lowest BCUT2D eigenvalue weighted by Gasteiger charge is -2.45. The van der Waals surface area contributed by atoms with Gasteiger partial charge < -0.3 is 11.1 Å². The zero-order valence-electron chi connectivity index (χ0n) is 12.4. The van der Waals surface area contributed by atoms with E-state index in [2.05, 4.69) is 19.2 Å². The van der Waals surface area contributed by atoms with Crippen molar-refractivity contribution in [2.75, 3.05) is 6.54 Å². The van der Waals surface area contributed by atoms with E-state index >= 15 is 0 Å². The SMILES string of the molecule is CC(C)C1CCCC(CN)(NC2CCCCC2)C1. The van der Waals surface area contributed by atoms with Gasteiger partial charge in [0.15, 0.2) is 0 Å². The topological polar surface area (TPSA) is 38.0 Å². The van der Waals surface area contributed by atoms with E-state index in [1.807, 2.05) is 0 Å². The highest BCUT2D eigenvalue weighted by molar-refractivity contribution is 4.97. The van der Waals surface area contributed by atoms with Gasteiger partial charge in [-0.2, -0.15) is 0 Å². The van der Waals surface area contributed by atoms with Gasteiger partial charge in [-0.1, -0.05) is 46.0 Å². The van der Waals surface area contributed by atoms with Crippen molar-refractivity contribution in [3.05, 3.63) is 0 Å². The molecule has 18 heavy (non-hydrogen) atoms. The second kappa shape index (κ2) is 6.38. The fourth-order valence-electron chi connectivity index (χ4n) is 4.03. The minimum Gasteiger partial charge on any atom is -0.329 e. The second-order valence-electron chi connectivity index (χ2n) is 7.06. The van der Waals surface area contributed by atoms with Crippen LogP contribution in [-0.2, 0) is 0 Å². The molecule has 2 atom stereocenters. The number of rotatable bonds is 4. The van der Waals surface area contributed by atoms with Gasteiger partial charge in [0, 0.05) is 18.1 Å². The summed E-state index contributed by atoms with van der Waals surface area (Å²) in [5.41, 5.74) is 6.41. The number of nitrogens with one attached hydrogen (secondary N) is 1. The fraction of sp³-hybridized carbons (Fsp3) is 1.00. The van der Waals surface area contributed by atoms with Crippen LogP contribution >= 0.6 is 0 Å². The maximum Gasteiger partial charge on any atom is 0.0309 e. The molecular formula is C16H32N2. The molecule has 2 saturated carbocycles. The largest absolute Gasteiger partial charge is 0.329 e. The van der Waals surface area contributed by atoms with Crippen LogP contribution in [0.5, 0.6) is 0 Å². The monoisotopic (exact) mass is 252 g/mol. The van der Waals surface area contributed by atoms with E-state index in [9.17, 15) is 0 Å². The average Bonchev–Trinajstić information content (AvgIpc) is 2.40. The van der Waals surface area contributed by atoms with Crippen LogP contribution < -0.4 is 11.1 Å². The molecule has 0 bridgehead atoms. The van der Waals surface area contributed by atoms with E-state index in [4.69, 9.17) is 5.73 Å². The van der Waals surface area contributed by atoms with E-state index in [0.29, 0.717) is 0 Å². The Balaban J connectivity index is 1.95. The van der Waals surface area contributed by atoms with Crippen LogP contribution in [0.25, 0.3) is 0 Å². The normalized spacial score (nSPS) is 35.0. The van der Waals surface area contributed by atoms with Crippen molar-refractivity contribution in [2.45, 2.75) is 83.2 Å². The first-order chi connectivity index (χ1) is 8.65. The summed E-state index contributed by atoms with van der Waals surface area (Å²) in [6.45, 7) is 5.57. The van der Waals surface area contributed by atoms with Crippen LogP contribution in [0.3, 0.4) is 0 Å². The van der Waals surface area contributed by atoms with Gasteiger partial charge in [0.1, 0.15) is 0 Å². The van der Waals surface area contributed by atoms with Crippen molar-refractivity contribution in [3.63, 3.8) is 0 Å². The molecule has 0 radical (unpaired) electrons. The summed E-state index contributed by atoms with van der Waals surface area (Å²) in [6, 6.07) is 0.744. The van der Waals surface area contributed by atoms with Crippen molar-refractivity contribution in [3.8, 4) is 0 Å². The molecule has 2 aliphatic rings. The minimum atomic E-state index is 0.259. The zero-order chi connectivity index (χ0) is 13.0. The molecule has 0 saturated heterocycles. The third-order valence-corrected chi connectivity index (χ3v) is 5.33. The average molecular weight is 252 g/mol. The lowest BCUT2D eigenvalue weighted by Crippen LogP contribution is -2.58. The van der Waals surface area contributed by atoms with Gasteiger partial charge in [0.2, 0.25) is 0 Å². The first-order valence-corrected chi connectivity index (χ1v) is 8.13. The highest BCUT2D eigenvalue weighted by Crippen LogP contribution is 2.37. The Morgan fingerprint density at radius 2 is 1.83 bits per heavy atom. The molecule has 0 aromatic heterocycles. The van der Waals surface area contributed by atoms with Crippen LogP contribution in [0.1, 0.15) is 71.6 Å². The Kier molecular flexibility index (Phi) is 5.08. The molecule has 2 aliphatic carbocycles. The maximum atomic E-state index is 6.16. The van der Waals surface area contributed by atoms with Crippen molar-refractivity contribution in [1.82, 2.24) is 5.32 Å². The summed E-state index contributed by atoms with van der Waals surface area (Å²) in [6.07, 6.45) is 12.4. The molecule has 2 fully saturated rings. The molecule has 0 aromatic carbocycles. The Morgan fingerprint density at radius 3 is 2.44 bits per heavy atom. The second-order valence-corrected chi connectivity index (χ2v) is 7.06. The highest BCUT2D eigenvalue weighted by atomic mass is 15.0. The third kappa shape index (κ3) is 3.48. The molecule has 0 aromatic rings. The predicted octanol–water partition coefficient (Wildman–Crippen LogP) is 3.45. The van der Waals surface area contributed by atoms with Crippen molar-refractivity contribution in [1.29, 1.82) is 0 Å². The lowest BCUT2D eigenvalue weighted by molar-refractivity contribution is 0.131. The van der Waals surface area contributed by atoms with Gasteiger partial charge in [-0.15, -0.1) is 0 Å². The molecule has 2 rings (SSSR count). The van der Waals surface area contributed by atoms with Gasteiger partial charge in [-0.25, -0.2) is 0 Å². The number of hydrogen-bond acceptors (Lipinski definition) is 2. The van der Waals surface area contributed by atoms with Crippen LogP contribution in [0.2, 0.25) is 0 Å². The summed E-state index contributed by atoms with van der Waals surface area (Å²) in [7, 11) is 0. The van der Waals surface area contributed by atoms with Gasteiger partial charge in [0.25, 0.3) is 0 Å². The van der Waals surface area contributed by atoms with Crippen LogP contribution in [0.15, 0.2) is 0 Å². The van der Waals surface area contributed by atoms with Crippen LogP contribution in [0, 0.1) is 11.8 Å². The van der Waals surface area contributed by atoms with E-state index < -0.39 is 0 Å². The van der Waals surface area contributed by atoms with Gasteiger partial charge in [-0.05, 0) is 37.5 Å². The first-order valence-electron chi connectivity index (χ1n) is 8.13. The molecule has 3 N–H and O–H groups in total. The summed E-state index contributed by atoms with van der Waals surface area (Å²) in [5, 5.41) is 3.98. The van der Waals surface area contributed by atoms with Gasteiger partial charge >= 0.3 is 0 Å². The third-order valence-electron chi connectivity index (χ3n) is 5.33. The Hall–Kier alpha value is -0.0800. The van der Waals surface area contributed by atoms with E-state index in [1.54, 1.807) is 0 Å². The van der Waals surface area contributed by atoms with Crippen molar-refractivity contribution >= 4 is 0 Å². The van der Waals surface area contributed by atoms with E-state index in [1.165, 1.54) is 57.8 Å². The molecule has 0 spiro atoms. The highest BCUT2D eigenvalue weighted by Gasteiger charge is 2.37. The van der Waals surface area contributed by atoms with E-state index in [0.717, 1.165) is 24.4 Å². The van der Waals surface area contributed by atoms with Crippen molar-refractivity contribution < 1.29 is 0 Å². The minimum absolute atomic E-state index is 0.259. The Labute approximate surface area is 113 Å². The molecule has 0 amide bonds. The van der Waals surface area contributed by atoms with Crippen molar-refractivity contribution in [2.24, 2.45) is 17.6 Å². The summed E-state index contributed by atoms with van der Waals surface area (Å²) in [4.78, 5) is 0.